The van der Waals surface area contributed by atoms with Crippen molar-refractivity contribution in [1.29, 1.82) is 0 Å². The Morgan fingerprint density at radius 2 is 1.07 bits per heavy atom. The van der Waals surface area contributed by atoms with Gasteiger partial charge in [-0.15, -0.1) is 0 Å². The minimum atomic E-state index is -4.65. The number of benzene rings is 4. The number of carboxylic acids is 1. The SMILES string of the molecule is O=C1CCC(=O)N[C@H](Cc2ccc(F)cc2)C(=O)N[C@@H](Cc2ccc(C(F)(F)F)cc2)C(=O)N[C@H](Cc2ccccc2)C(=O)N[C@H](C(=O)O)Cc2ccc(cc2)N1. The minimum absolute atomic E-state index is 0.122. The van der Waals surface area contributed by atoms with Gasteiger partial charge in [0.15, 0.2) is 0 Å². The molecular weight excluding hydrogens is 750 g/mol. The molecule has 0 unspecified atom stereocenters. The van der Waals surface area contributed by atoms with Crippen molar-refractivity contribution in [2.75, 3.05) is 5.32 Å². The van der Waals surface area contributed by atoms with Crippen LogP contribution in [0, 0.1) is 5.82 Å². The first-order chi connectivity index (χ1) is 27.1. The smallest absolute Gasteiger partial charge is 0.416 e. The van der Waals surface area contributed by atoms with Gasteiger partial charge in [-0.3, -0.25) is 24.0 Å². The number of rotatable bonds is 7. The number of aliphatic carboxylic acids is 1. The maximum absolute atomic E-state index is 14.2. The predicted molar refractivity (Wildman–Crippen MR) is 199 cm³/mol. The second-order valence-corrected chi connectivity index (χ2v) is 13.5. The summed E-state index contributed by atoms with van der Waals surface area (Å²) in [6.07, 6.45) is -6.17. The number of carbonyl (C=O) groups is 6. The summed E-state index contributed by atoms with van der Waals surface area (Å²) in [6.45, 7) is 0. The number of halogens is 4. The third kappa shape index (κ3) is 12.5. The first kappa shape index (κ1) is 41.6. The van der Waals surface area contributed by atoms with Gasteiger partial charge >= 0.3 is 12.1 Å². The summed E-state index contributed by atoms with van der Waals surface area (Å²) in [4.78, 5) is 80.3. The Morgan fingerprint density at radius 3 is 1.60 bits per heavy atom. The van der Waals surface area contributed by atoms with Crippen LogP contribution in [0.4, 0.5) is 23.2 Å². The molecule has 4 aromatic rings. The molecular formula is C41H39F4N5O7. The van der Waals surface area contributed by atoms with Gasteiger partial charge in [0.1, 0.15) is 30.0 Å². The minimum Gasteiger partial charge on any atom is -0.480 e. The third-order valence-electron chi connectivity index (χ3n) is 9.15. The Bertz CT molecular complexity index is 2060. The highest BCUT2D eigenvalue weighted by Crippen LogP contribution is 2.29. The van der Waals surface area contributed by atoms with E-state index in [1.807, 2.05) is 0 Å². The maximum Gasteiger partial charge on any atom is 0.416 e. The van der Waals surface area contributed by atoms with Gasteiger partial charge in [-0.1, -0.05) is 66.7 Å². The van der Waals surface area contributed by atoms with Crippen molar-refractivity contribution in [2.45, 2.75) is 68.9 Å². The van der Waals surface area contributed by atoms with E-state index in [0.29, 0.717) is 22.4 Å². The molecule has 298 valence electrons. The molecule has 5 amide bonds. The molecule has 2 aliphatic rings. The zero-order valence-electron chi connectivity index (χ0n) is 30.3. The lowest BCUT2D eigenvalue weighted by Gasteiger charge is -2.26. The molecule has 12 nitrogen and oxygen atoms in total. The van der Waals surface area contributed by atoms with Crippen LogP contribution in [0.25, 0.3) is 0 Å². The fraction of sp³-hybridized carbons (Fsp3) is 0.268. The maximum atomic E-state index is 14.2. The molecule has 2 heterocycles. The van der Waals surface area contributed by atoms with Crippen LogP contribution in [0.3, 0.4) is 0 Å². The quantitative estimate of drug-likeness (QED) is 0.121. The van der Waals surface area contributed by atoms with E-state index in [4.69, 9.17) is 0 Å². The van der Waals surface area contributed by atoms with Crippen molar-refractivity contribution < 1.29 is 51.4 Å². The average molecular weight is 790 g/mol. The van der Waals surface area contributed by atoms with Crippen LogP contribution in [-0.4, -0.2) is 64.8 Å². The molecule has 6 N–H and O–H groups in total. The van der Waals surface area contributed by atoms with Gasteiger partial charge in [-0.05, 0) is 58.7 Å². The number of carboxylic acid groups (broad SMARTS) is 1. The van der Waals surface area contributed by atoms with Crippen LogP contribution < -0.4 is 26.6 Å². The Morgan fingerprint density at radius 1 is 0.596 bits per heavy atom. The van der Waals surface area contributed by atoms with Crippen molar-refractivity contribution >= 4 is 41.2 Å². The van der Waals surface area contributed by atoms with Crippen LogP contribution >= 0.6 is 0 Å². The van der Waals surface area contributed by atoms with Gasteiger partial charge in [0.05, 0.1) is 5.56 Å². The van der Waals surface area contributed by atoms with Gasteiger partial charge in [-0.2, -0.15) is 13.2 Å². The summed E-state index contributed by atoms with van der Waals surface area (Å²) in [5.74, 6) is -5.93. The summed E-state index contributed by atoms with van der Waals surface area (Å²) in [6, 6.07) is 17.7. The number of hydrogen-bond donors (Lipinski definition) is 6. The molecule has 4 aromatic carbocycles. The van der Waals surface area contributed by atoms with Gasteiger partial charge in [0.2, 0.25) is 29.5 Å². The predicted octanol–water partition coefficient (Wildman–Crippen LogP) is 3.87. The molecule has 16 heteroatoms. The van der Waals surface area contributed by atoms with Crippen LogP contribution in [-0.2, 0) is 60.6 Å². The largest absolute Gasteiger partial charge is 0.480 e. The summed E-state index contributed by atoms with van der Waals surface area (Å²) in [5, 5.41) is 22.9. The average Bonchev–Trinajstić information content (AvgIpc) is 3.17. The van der Waals surface area contributed by atoms with Gasteiger partial charge in [0.25, 0.3) is 0 Å². The zero-order chi connectivity index (χ0) is 41.1. The Hall–Kier alpha value is -6.58. The zero-order valence-corrected chi connectivity index (χ0v) is 30.3. The summed E-state index contributed by atoms with van der Waals surface area (Å²) < 4.78 is 53.8. The first-order valence-electron chi connectivity index (χ1n) is 17.9. The van der Waals surface area contributed by atoms with E-state index in [2.05, 4.69) is 26.6 Å². The van der Waals surface area contributed by atoms with E-state index in [9.17, 15) is 51.4 Å². The number of fused-ring (bicyclic) bond motifs is 18. The highest BCUT2D eigenvalue weighted by molar-refractivity contribution is 5.96. The number of amides is 5. The molecule has 4 atom stereocenters. The lowest BCUT2D eigenvalue weighted by molar-refractivity contribution is -0.142. The number of hydrogen-bond acceptors (Lipinski definition) is 6. The van der Waals surface area contributed by atoms with Gasteiger partial charge in [-0.25, -0.2) is 9.18 Å². The fourth-order valence-electron chi connectivity index (χ4n) is 6.09. The summed E-state index contributed by atoms with van der Waals surface area (Å²) in [7, 11) is 0. The van der Waals surface area contributed by atoms with Crippen LogP contribution in [0.15, 0.2) is 103 Å². The number of alkyl halides is 3. The third-order valence-corrected chi connectivity index (χ3v) is 9.15. The standard InChI is InChI=1S/C41H39F4N5O7/c42-29-14-8-26(9-15-29)21-31-37(53)48-33(22-25-6-12-28(13-7-25)41(43,44)45)38(54)49-32(20-24-4-2-1-3-5-24)39(55)50-34(40(56)57)23-27-10-16-30(17-11-27)46-35(51)18-19-36(52)47-31/h1-17,31-34H,18-23H2,(H,46,51)(H,47,52)(H,48,53)(H,49,54)(H,50,55)(H,56,57)/t31-,32-,33+,34+/m1/s1. The van der Waals surface area contributed by atoms with Crippen molar-refractivity contribution in [1.82, 2.24) is 21.3 Å². The number of carbonyl (C=O) groups excluding carboxylic acids is 5. The lowest BCUT2D eigenvalue weighted by Crippen LogP contribution is -2.59. The van der Waals surface area contributed by atoms with Crippen molar-refractivity contribution in [3.63, 3.8) is 0 Å². The molecule has 0 aliphatic carbocycles. The number of nitrogens with one attached hydrogen (secondary N) is 5. The number of anilines is 1. The normalized spacial score (nSPS) is 20.2. The van der Waals surface area contributed by atoms with E-state index >= 15 is 0 Å². The molecule has 0 saturated heterocycles. The van der Waals surface area contributed by atoms with E-state index < -0.39 is 77.2 Å². The molecule has 6 rings (SSSR count). The summed E-state index contributed by atoms with van der Waals surface area (Å²) in [5.41, 5.74) is 1.08. The van der Waals surface area contributed by atoms with E-state index in [1.54, 1.807) is 42.5 Å². The summed E-state index contributed by atoms with van der Waals surface area (Å²) >= 11 is 0. The molecule has 0 radical (unpaired) electrons. The molecule has 0 fully saturated rings. The van der Waals surface area contributed by atoms with Crippen LogP contribution in [0.2, 0.25) is 0 Å². The molecule has 57 heavy (non-hydrogen) atoms. The van der Waals surface area contributed by atoms with Crippen LogP contribution in [0.1, 0.15) is 40.7 Å². The van der Waals surface area contributed by atoms with E-state index in [1.165, 1.54) is 24.3 Å². The van der Waals surface area contributed by atoms with Crippen LogP contribution in [0.5, 0.6) is 0 Å². The fourth-order valence-corrected chi connectivity index (χ4v) is 6.09. The van der Waals surface area contributed by atoms with Gasteiger partial charge in [0, 0.05) is 44.2 Å². The van der Waals surface area contributed by atoms with Crippen molar-refractivity contribution in [2.24, 2.45) is 0 Å². The van der Waals surface area contributed by atoms with Crippen molar-refractivity contribution in [3.05, 3.63) is 137 Å². The molecule has 2 bridgehead atoms. The Kier molecular flexibility index (Phi) is 13.7. The molecule has 0 aromatic heterocycles. The molecule has 2 aliphatic heterocycles. The molecule has 0 spiro atoms. The molecule has 0 saturated carbocycles. The Labute approximate surface area is 324 Å². The van der Waals surface area contributed by atoms with Gasteiger partial charge < -0.3 is 31.7 Å². The van der Waals surface area contributed by atoms with Crippen molar-refractivity contribution in [3.8, 4) is 0 Å². The van der Waals surface area contributed by atoms with E-state index in [0.717, 1.165) is 36.4 Å². The van der Waals surface area contributed by atoms with E-state index in [-0.39, 0.29) is 44.1 Å². The monoisotopic (exact) mass is 789 g/mol. The lowest BCUT2D eigenvalue weighted by atomic mass is 9.99. The topological polar surface area (TPSA) is 183 Å². The second-order valence-electron chi connectivity index (χ2n) is 13.5. The first-order valence-corrected chi connectivity index (χ1v) is 17.9. The highest BCUT2D eigenvalue weighted by atomic mass is 19.4. The highest BCUT2D eigenvalue weighted by Gasteiger charge is 2.33. The Balaban J connectivity index is 1.52. The second kappa shape index (κ2) is 18.8.